The van der Waals surface area contributed by atoms with Crippen molar-refractivity contribution in [1.29, 1.82) is 5.26 Å². The maximum Gasteiger partial charge on any atom is 0.108 e. The normalized spacial score (nSPS) is 35.4. The van der Waals surface area contributed by atoms with Gasteiger partial charge in [-0.1, -0.05) is 0 Å². The van der Waals surface area contributed by atoms with Crippen molar-refractivity contribution in [3.63, 3.8) is 0 Å². The van der Waals surface area contributed by atoms with E-state index >= 15 is 0 Å². The van der Waals surface area contributed by atoms with E-state index in [0.717, 1.165) is 32.4 Å². The van der Waals surface area contributed by atoms with Gasteiger partial charge in [-0.05, 0) is 58.4 Å². The average Bonchev–Trinajstić information content (AvgIpc) is 2.87. The molecule has 4 nitrogen and oxygen atoms in total. The first-order valence-corrected chi connectivity index (χ1v) is 8.00. The van der Waals surface area contributed by atoms with Crippen molar-refractivity contribution in [1.82, 2.24) is 10.2 Å². The minimum atomic E-state index is -0.309. The van der Waals surface area contributed by atoms with Crippen LogP contribution in [-0.4, -0.2) is 49.3 Å². The van der Waals surface area contributed by atoms with Crippen LogP contribution in [-0.2, 0) is 4.74 Å². The molecule has 0 aromatic rings. The first kappa shape index (κ1) is 15.8. The molecule has 3 atom stereocenters. The quantitative estimate of drug-likeness (QED) is 0.838. The summed E-state index contributed by atoms with van der Waals surface area (Å²) in [6.45, 7) is 7.45. The molecule has 4 heteroatoms. The number of hydrogen-bond donors (Lipinski definition) is 1. The topological polar surface area (TPSA) is 48.3 Å². The molecule has 1 saturated heterocycles. The minimum Gasteiger partial charge on any atom is -0.384 e. The Hall–Kier alpha value is -0.630. The lowest BCUT2D eigenvalue weighted by Crippen LogP contribution is -2.54. The van der Waals surface area contributed by atoms with E-state index in [2.05, 4.69) is 30.1 Å². The molecule has 3 unspecified atom stereocenters. The van der Waals surface area contributed by atoms with Gasteiger partial charge in [0.15, 0.2) is 0 Å². The predicted octanol–water partition coefficient (Wildman–Crippen LogP) is 2.16. The lowest BCUT2D eigenvalue weighted by atomic mass is 9.79. The Balaban J connectivity index is 1.95. The Kier molecular flexibility index (Phi) is 5.42. The summed E-state index contributed by atoms with van der Waals surface area (Å²) in [5, 5.41) is 13.2. The van der Waals surface area contributed by atoms with E-state index in [0.29, 0.717) is 18.0 Å². The Morgan fingerprint density at radius 3 is 2.90 bits per heavy atom. The summed E-state index contributed by atoms with van der Waals surface area (Å²) in [5.74, 6) is 0.677. The van der Waals surface area contributed by atoms with Crippen LogP contribution in [0.15, 0.2) is 0 Å². The number of nitriles is 1. The van der Waals surface area contributed by atoms with E-state index in [9.17, 15) is 5.26 Å². The summed E-state index contributed by atoms with van der Waals surface area (Å²) in [6, 6.07) is 3.51. The smallest absolute Gasteiger partial charge is 0.108 e. The van der Waals surface area contributed by atoms with Crippen LogP contribution in [0, 0.1) is 17.2 Å². The number of nitrogens with one attached hydrogen (secondary N) is 1. The molecule has 2 aliphatic rings. The molecule has 0 amide bonds. The molecule has 1 aliphatic carbocycles. The molecule has 2 fully saturated rings. The maximum atomic E-state index is 9.64. The van der Waals surface area contributed by atoms with Crippen molar-refractivity contribution >= 4 is 0 Å². The van der Waals surface area contributed by atoms with E-state index < -0.39 is 0 Å². The fourth-order valence-electron chi connectivity index (χ4n) is 3.94. The fraction of sp³-hybridized carbons (Fsp3) is 0.938. The summed E-state index contributed by atoms with van der Waals surface area (Å²) in [7, 11) is 1.79. The predicted molar refractivity (Wildman–Crippen MR) is 80.4 cm³/mol. The first-order valence-electron chi connectivity index (χ1n) is 8.00. The van der Waals surface area contributed by atoms with Crippen LogP contribution in [0.5, 0.6) is 0 Å². The van der Waals surface area contributed by atoms with Gasteiger partial charge in [0.1, 0.15) is 5.54 Å². The van der Waals surface area contributed by atoms with Crippen LogP contribution >= 0.6 is 0 Å². The highest BCUT2D eigenvalue weighted by molar-refractivity contribution is 5.12. The summed E-state index contributed by atoms with van der Waals surface area (Å²) >= 11 is 0. The molecule has 1 N–H and O–H groups in total. The third kappa shape index (κ3) is 3.72. The van der Waals surface area contributed by atoms with E-state index in [1.807, 2.05) is 0 Å². The number of nitrogens with zero attached hydrogens (tertiary/aromatic N) is 2. The van der Waals surface area contributed by atoms with Crippen LogP contribution in [0.4, 0.5) is 0 Å². The van der Waals surface area contributed by atoms with E-state index in [-0.39, 0.29) is 5.54 Å². The Morgan fingerprint density at radius 2 is 2.25 bits per heavy atom. The molecule has 0 aromatic carbocycles. The molecule has 1 aliphatic heterocycles. The average molecular weight is 279 g/mol. The van der Waals surface area contributed by atoms with Crippen LogP contribution in [0.1, 0.15) is 46.0 Å². The zero-order valence-corrected chi connectivity index (χ0v) is 13.2. The molecule has 0 radical (unpaired) electrons. The first-order chi connectivity index (χ1) is 9.58. The van der Waals surface area contributed by atoms with Crippen LogP contribution in [0.3, 0.4) is 0 Å². The fourth-order valence-corrected chi connectivity index (χ4v) is 3.94. The maximum absolute atomic E-state index is 9.64. The summed E-state index contributed by atoms with van der Waals surface area (Å²) in [4.78, 5) is 2.59. The zero-order chi connectivity index (χ0) is 14.6. The molecule has 114 valence electrons. The summed E-state index contributed by atoms with van der Waals surface area (Å²) in [6.07, 6.45) is 5.60. The molecule has 0 bridgehead atoms. The Morgan fingerprint density at radius 1 is 1.45 bits per heavy atom. The third-order valence-corrected chi connectivity index (χ3v) is 4.74. The largest absolute Gasteiger partial charge is 0.384 e. The van der Waals surface area contributed by atoms with Gasteiger partial charge < -0.3 is 4.74 Å². The molecule has 1 saturated carbocycles. The second kappa shape index (κ2) is 6.89. The number of rotatable bonds is 5. The van der Waals surface area contributed by atoms with Crippen molar-refractivity contribution < 1.29 is 4.74 Å². The van der Waals surface area contributed by atoms with Crippen LogP contribution in [0.25, 0.3) is 0 Å². The van der Waals surface area contributed by atoms with E-state index in [4.69, 9.17) is 4.74 Å². The lowest BCUT2D eigenvalue weighted by molar-refractivity contribution is 0.119. The molecular weight excluding hydrogens is 250 g/mol. The molecular formula is C16H29N3O. The van der Waals surface area contributed by atoms with Gasteiger partial charge in [-0.3, -0.25) is 10.2 Å². The van der Waals surface area contributed by atoms with Gasteiger partial charge in [0.05, 0.1) is 12.7 Å². The number of likely N-dealkylation sites (tertiary alicyclic amines) is 1. The van der Waals surface area contributed by atoms with Gasteiger partial charge in [0, 0.05) is 25.7 Å². The standard InChI is InChI=1S/C16H29N3O/c1-13(2)18-16(12-17)7-4-5-15(9-16)19-8-6-14(10-19)11-20-3/h13-15,18H,4-11H2,1-3H3. The number of ether oxygens (including phenoxy) is 1. The Labute approximate surface area is 123 Å². The van der Waals surface area contributed by atoms with E-state index in [1.165, 1.54) is 19.4 Å². The second-order valence-electron chi connectivity index (χ2n) is 6.85. The molecule has 1 heterocycles. The van der Waals surface area contributed by atoms with E-state index in [1.54, 1.807) is 7.11 Å². The summed E-state index contributed by atoms with van der Waals surface area (Å²) < 4.78 is 5.28. The highest BCUT2D eigenvalue weighted by Crippen LogP contribution is 2.33. The monoisotopic (exact) mass is 279 g/mol. The van der Waals surface area contributed by atoms with Crippen molar-refractivity contribution in [3.05, 3.63) is 0 Å². The number of methoxy groups -OCH3 is 1. The van der Waals surface area contributed by atoms with Gasteiger partial charge in [-0.15, -0.1) is 0 Å². The lowest BCUT2D eigenvalue weighted by Gasteiger charge is -2.41. The molecule has 0 spiro atoms. The van der Waals surface area contributed by atoms with Gasteiger partial charge in [-0.2, -0.15) is 5.26 Å². The van der Waals surface area contributed by atoms with Gasteiger partial charge in [-0.25, -0.2) is 0 Å². The van der Waals surface area contributed by atoms with Crippen LogP contribution < -0.4 is 5.32 Å². The highest BCUT2D eigenvalue weighted by Gasteiger charge is 2.40. The van der Waals surface area contributed by atoms with Gasteiger partial charge >= 0.3 is 0 Å². The molecule has 0 aromatic heterocycles. The summed E-state index contributed by atoms with van der Waals surface area (Å²) in [5.41, 5.74) is -0.309. The van der Waals surface area contributed by atoms with Crippen molar-refractivity contribution in [2.45, 2.75) is 63.6 Å². The van der Waals surface area contributed by atoms with Gasteiger partial charge in [0.25, 0.3) is 0 Å². The number of hydrogen-bond acceptors (Lipinski definition) is 4. The van der Waals surface area contributed by atoms with Crippen molar-refractivity contribution in [2.75, 3.05) is 26.8 Å². The highest BCUT2D eigenvalue weighted by atomic mass is 16.5. The minimum absolute atomic E-state index is 0.309. The van der Waals surface area contributed by atoms with Gasteiger partial charge in [0.2, 0.25) is 0 Å². The van der Waals surface area contributed by atoms with Crippen LogP contribution in [0.2, 0.25) is 0 Å². The third-order valence-electron chi connectivity index (χ3n) is 4.74. The van der Waals surface area contributed by atoms with Crippen molar-refractivity contribution in [3.8, 4) is 6.07 Å². The second-order valence-corrected chi connectivity index (χ2v) is 6.85. The Bertz CT molecular complexity index is 352. The van der Waals surface area contributed by atoms with Crippen molar-refractivity contribution in [2.24, 2.45) is 5.92 Å². The molecule has 20 heavy (non-hydrogen) atoms. The zero-order valence-electron chi connectivity index (χ0n) is 13.2. The SMILES string of the molecule is COCC1CCN(C2CCCC(C#N)(NC(C)C)C2)C1. The molecule has 2 rings (SSSR count).